The zero-order chi connectivity index (χ0) is 13.0. The van der Waals surface area contributed by atoms with Gasteiger partial charge in [0.2, 0.25) is 0 Å². The van der Waals surface area contributed by atoms with Crippen molar-refractivity contribution < 1.29 is 5.11 Å². The van der Waals surface area contributed by atoms with Crippen molar-refractivity contribution in [2.45, 2.75) is 52.6 Å². The number of aliphatic hydroxyl groups excluding tert-OH is 1. The number of nitrogens with two attached hydrogens (primary N) is 1. The molecule has 1 aliphatic carbocycles. The fraction of sp³-hybridized carbons (Fsp3) is 1.00. The third-order valence-electron chi connectivity index (χ3n) is 4.29. The van der Waals surface area contributed by atoms with Crippen LogP contribution in [0.25, 0.3) is 0 Å². The summed E-state index contributed by atoms with van der Waals surface area (Å²) in [7, 11) is 0. The lowest BCUT2D eigenvalue weighted by molar-refractivity contribution is 0.0872. The van der Waals surface area contributed by atoms with Gasteiger partial charge < -0.3 is 10.8 Å². The summed E-state index contributed by atoms with van der Waals surface area (Å²) in [6, 6.07) is 0.814. The van der Waals surface area contributed by atoms with Crippen LogP contribution in [-0.4, -0.2) is 41.8 Å². The Labute approximate surface area is 106 Å². The monoisotopic (exact) mass is 242 g/mol. The molecule has 0 amide bonds. The van der Waals surface area contributed by atoms with Crippen molar-refractivity contribution in [3.05, 3.63) is 0 Å². The van der Waals surface area contributed by atoms with Crippen molar-refractivity contribution in [3.63, 3.8) is 0 Å². The van der Waals surface area contributed by atoms with Crippen LogP contribution in [0.5, 0.6) is 0 Å². The number of hydrogen-bond acceptors (Lipinski definition) is 3. The van der Waals surface area contributed by atoms with E-state index in [1.807, 2.05) is 0 Å². The van der Waals surface area contributed by atoms with Gasteiger partial charge in [0.15, 0.2) is 0 Å². The lowest BCUT2D eigenvalue weighted by atomic mass is 9.72. The summed E-state index contributed by atoms with van der Waals surface area (Å²) < 4.78 is 0. The third kappa shape index (κ3) is 4.23. The van der Waals surface area contributed by atoms with E-state index in [9.17, 15) is 0 Å². The van der Waals surface area contributed by atoms with E-state index in [1.165, 1.54) is 6.42 Å². The normalized spacial score (nSPS) is 34.6. The first kappa shape index (κ1) is 14.9. The van der Waals surface area contributed by atoms with E-state index in [1.54, 1.807) is 0 Å². The van der Waals surface area contributed by atoms with Gasteiger partial charge in [0.1, 0.15) is 0 Å². The first-order chi connectivity index (χ1) is 7.95. The molecule has 0 bridgehead atoms. The Bertz CT molecular complexity index is 208. The standard InChI is InChI=1S/C14H30N2O/c1-10(2)16(5-6-17)9-13-12(4)7-11(3)8-14(13)15/h10-14,17H,5-9,15H2,1-4H3. The van der Waals surface area contributed by atoms with E-state index in [4.69, 9.17) is 10.8 Å². The number of rotatable bonds is 5. The molecular weight excluding hydrogens is 212 g/mol. The second kappa shape index (κ2) is 6.72. The van der Waals surface area contributed by atoms with Gasteiger partial charge in [0.25, 0.3) is 0 Å². The van der Waals surface area contributed by atoms with Crippen molar-refractivity contribution in [1.29, 1.82) is 0 Å². The number of nitrogens with zero attached hydrogens (tertiary/aromatic N) is 1. The molecule has 0 radical (unpaired) electrons. The Kier molecular flexibility index (Phi) is 5.90. The van der Waals surface area contributed by atoms with Crippen molar-refractivity contribution >= 4 is 0 Å². The first-order valence-corrected chi connectivity index (χ1v) is 7.06. The number of aliphatic hydroxyl groups is 1. The minimum atomic E-state index is 0.241. The maximum Gasteiger partial charge on any atom is 0.0558 e. The minimum Gasteiger partial charge on any atom is -0.395 e. The lowest BCUT2D eigenvalue weighted by Gasteiger charge is -2.41. The molecule has 102 valence electrons. The lowest BCUT2D eigenvalue weighted by Crippen LogP contribution is -2.48. The summed E-state index contributed by atoms with van der Waals surface area (Å²) in [4.78, 5) is 2.36. The van der Waals surface area contributed by atoms with Crippen molar-refractivity contribution in [2.75, 3.05) is 19.7 Å². The van der Waals surface area contributed by atoms with Gasteiger partial charge in [0.05, 0.1) is 6.61 Å². The zero-order valence-corrected chi connectivity index (χ0v) is 11.9. The van der Waals surface area contributed by atoms with Gasteiger partial charge in [-0.15, -0.1) is 0 Å². The molecule has 1 rings (SSSR count). The molecule has 0 spiro atoms. The zero-order valence-electron chi connectivity index (χ0n) is 11.9. The smallest absolute Gasteiger partial charge is 0.0558 e. The quantitative estimate of drug-likeness (QED) is 0.771. The predicted molar refractivity (Wildman–Crippen MR) is 72.8 cm³/mol. The molecule has 0 aromatic carbocycles. The molecule has 3 nitrogen and oxygen atoms in total. The molecule has 0 heterocycles. The van der Waals surface area contributed by atoms with E-state index in [2.05, 4.69) is 32.6 Å². The molecule has 3 heteroatoms. The molecule has 1 fully saturated rings. The predicted octanol–water partition coefficient (Wildman–Crippen LogP) is 1.70. The Morgan fingerprint density at radius 3 is 2.41 bits per heavy atom. The highest BCUT2D eigenvalue weighted by Gasteiger charge is 2.33. The fourth-order valence-corrected chi connectivity index (χ4v) is 3.24. The molecule has 1 saturated carbocycles. The summed E-state index contributed by atoms with van der Waals surface area (Å²) in [6.45, 7) is 11.1. The Hall–Kier alpha value is -0.120. The molecule has 0 saturated heterocycles. The highest BCUT2D eigenvalue weighted by molar-refractivity contribution is 4.87. The Morgan fingerprint density at radius 2 is 1.94 bits per heavy atom. The molecule has 1 aliphatic rings. The van der Waals surface area contributed by atoms with Gasteiger partial charge >= 0.3 is 0 Å². The summed E-state index contributed by atoms with van der Waals surface area (Å²) in [5.41, 5.74) is 6.32. The van der Waals surface area contributed by atoms with Crippen LogP contribution in [0.3, 0.4) is 0 Å². The molecule has 3 N–H and O–H groups in total. The second-order valence-corrected chi connectivity index (χ2v) is 6.19. The van der Waals surface area contributed by atoms with E-state index in [0.29, 0.717) is 23.9 Å². The maximum atomic E-state index is 9.12. The minimum absolute atomic E-state index is 0.241. The van der Waals surface area contributed by atoms with Gasteiger partial charge in [-0.05, 0) is 44.4 Å². The van der Waals surface area contributed by atoms with Gasteiger partial charge in [-0.25, -0.2) is 0 Å². The molecule has 17 heavy (non-hydrogen) atoms. The van der Waals surface area contributed by atoms with Crippen LogP contribution in [0.1, 0.15) is 40.5 Å². The first-order valence-electron chi connectivity index (χ1n) is 7.06. The SMILES string of the molecule is CC1CC(C)C(CN(CCO)C(C)C)C(N)C1. The third-order valence-corrected chi connectivity index (χ3v) is 4.29. The molecular formula is C14H30N2O. The van der Waals surface area contributed by atoms with Crippen LogP contribution < -0.4 is 5.73 Å². The van der Waals surface area contributed by atoms with Gasteiger partial charge in [-0.2, -0.15) is 0 Å². The highest BCUT2D eigenvalue weighted by Crippen LogP contribution is 2.33. The molecule has 4 unspecified atom stereocenters. The average molecular weight is 242 g/mol. The van der Waals surface area contributed by atoms with Crippen molar-refractivity contribution in [1.82, 2.24) is 4.90 Å². The summed E-state index contributed by atoms with van der Waals surface area (Å²) in [5, 5.41) is 9.12. The summed E-state index contributed by atoms with van der Waals surface area (Å²) in [6.07, 6.45) is 2.45. The Balaban J connectivity index is 2.58. The van der Waals surface area contributed by atoms with Crippen molar-refractivity contribution in [3.8, 4) is 0 Å². The van der Waals surface area contributed by atoms with Gasteiger partial charge in [-0.1, -0.05) is 13.8 Å². The molecule has 0 aromatic rings. The maximum absolute atomic E-state index is 9.12. The molecule has 0 aromatic heterocycles. The van der Waals surface area contributed by atoms with Crippen LogP contribution in [0.4, 0.5) is 0 Å². The summed E-state index contributed by atoms with van der Waals surface area (Å²) in [5.74, 6) is 2.05. The number of hydrogen-bond donors (Lipinski definition) is 2. The van der Waals surface area contributed by atoms with E-state index < -0.39 is 0 Å². The average Bonchev–Trinajstić information content (AvgIpc) is 2.21. The van der Waals surface area contributed by atoms with Crippen molar-refractivity contribution in [2.24, 2.45) is 23.5 Å². The summed E-state index contributed by atoms with van der Waals surface area (Å²) >= 11 is 0. The van der Waals surface area contributed by atoms with Crippen LogP contribution in [0.15, 0.2) is 0 Å². The van der Waals surface area contributed by atoms with Gasteiger partial charge in [-0.3, -0.25) is 4.90 Å². The second-order valence-electron chi connectivity index (χ2n) is 6.19. The van der Waals surface area contributed by atoms with E-state index in [0.717, 1.165) is 25.4 Å². The largest absolute Gasteiger partial charge is 0.395 e. The topological polar surface area (TPSA) is 49.5 Å². The van der Waals surface area contributed by atoms with Crippen LogP contribution in [-0.2, 0) is 0 Å². The van der Waals surface area contributed by atoms with Gasteiger partial charge in [0, 0.05) is 25.2 Å². The van der Waals surface area contributed by atoms with Crippen LogP contribution >= 0.6 is 0 Å². The Morgan fingerprint density at radius 1 is 1.29 bits per heavy atom. The molecule has 0 aliphatic heterocycles. The molecule has 4 atom stereocenters. The van der Waals surface area contributed by atoms with E-state index in [-0.39, 0.29) is 6.61 Å². The highest BCUT2D eigenvalue weighted by atomic mass is 16.3. The van der Waals surface area contributed by atoms with E-state index >= 15 is 0 Å². The fourth-order valence-electron chi connectivity index (χ4n) is 3.24. The van der Waals surface area contributed by atoms with Crippen LogP contribution in [0, 0.1) is 17.8 Å². The van der Waals surface area contributed by atoms with Crippen LogP contribution in [0.2, 0.25) is 0 Å².